The van der Waals surface area contributed by atoms with Gasteiger partial charge in [-0.1, -0.05) is 16.8 Å². The molecule has 1 amide bonds. The van der Waals surface area contributed by atoms with E-state index in [1.807, 2.05) is 30.9 Å². The number of nitrogens with zero attached hydrogens (tertiary/aromatic N) is 3. The number of amides is 1. The molecule has 28 heavy (non-hydrogen) atoms. The second-order valence-corrected chi connectivity index (χ2v) is 7.82. The Kier molecular flexibility index (Phi) is 6.22. The SMILES string of the molecule is Cc1cc(OCC2(O)CCCN(CC(=O)Nc3nonc3C)C2)cc(C)c1Cl. The van der Waals surface area contributed by atoms with Crippen LogP contribution < -0.4 is 10.1 Å². The Labute approximate surface area is 168 Å². The van der Waals surface area contributed by atoms with Crippen LogP contribution in [-0.4, -0.2) is 58.1 Å². The van der Waals surface area contributed by atoms with E-state index in [0.717, 1.165) is 29.1 Å². The van der Waals surface area contributed by atoms with E-state index >= 15 is 0 Å². The third-order valence-corrected chi connectivity index (χ3v) is 5.43. The van der Waals surface area contributed by atoms with Crippen LogP contribution in [0.4, 0.5) is 5.82 Å². The molecule has 0 radical (unpaired) electrons. The molecule has 0 bridgehead atoms. The van der Waals surface area contributed by atoms with Gasteiger partial charge in [0.2, 0.25) is 5.91 Å². The molecular weight excluding hydrogens is 384 g/mol. The Morgan fingerprint density at radius 1 is 1.36 bits per heavy atom. The van der Waals surface area contributed by atoms with Crippen LogP contribution in [0.25, 0.3) is 0 Å². The van der Waals surface area contributed by atoms with Gasteiger partial charge >= 0.3 is 0 Å². The summed E-state index contributed by atoms with van der Waals surface area (Å²) in [4.78, 5) is 14.1. The van der Waals surface area contributed by atoms with E-state index in [1.54, 1.807) is 6.92 Å². The number of aromatic nitrogens is 2. The van der Waals surface area contributed by atoms with Crippen molar-refractivity contribution in [2.24, 2.45) is 0 Å². The highest BCUT2D eigenvalue weighted by Crippen LogP contribution is 2.28. The van der Waals surface area contributed by atoms with Crippen molar-refractivity contribution in [2.75, 3.05) is 31.6 Å². The number of piperidine rings is 1. The Bertz CT molecular complexity index is 833. The molecule has 1 aliphatic heterocycles. The molecule has 1 saturated heterocycles. The zero-order chi connectivity index (χ0) is 20.3. The van der Waals surface area contributed by atoms with Crippen LogP contribution in [0.3, 0.4) is 0 Å². The number of aliphatic hydroxyl groups is 1. The summed E-state index contributed by atoms with van der Waals surface area (Å²) in [5, 5.41) is 21.6. The number of carbonyl (C=O) groups excluding carboxylic acids is 1. The molecule has 3 rings (SSSR count). The van der Waals surface area contributed by atoms with Gasteiger partial charge in [0.1, 0.15) is 23.7 Å². The van der Waals surface area contributed by atoms with Crippen molar-refractivity contribution in [1.29, 1.82) is 0 Å². The highest BCUT2D eigenvalue weighted by atomic mass is 35.5. The van der Waals surface area contributed by atoms with Crippen LogP contribution in [-0.2, 0) is 4.79 Å². The van der Waals surface area contributed by atoms with Gasteiger partial charge in [-0.15, -0.1) is 0 Å². The van der Waals surface area contributed by atoms with Gasteiger partial charge in [-0.3, -0.25) is 9.69 Å². The molecule has 152 valence electrons. The van der Waals surface area contributed by atoms with Crippen LogP contribution in [0.15, 0.2) is 16.8 Å². The zero-order valence-corrected chi connectivity index (χ0v) is 17.0. The summed E-state index contributed by atoms with van der Waals surface area (Å²) in [7, 11) is 0. The Morgan fingerprint density at radius 2 is 2.07 bits per heavy atom. The van der Waals surface area contributed by atoms with Gasteiger partial charge in [0.05, 0.1) is 6.54 Å². The molecule has 1 fully saturated rings. The van der Waals surface area contributed by atoms with Crippen molar-refractivity contribution in [1.82, 2.24) is 15.2 Å². The number of nitrogens with one attached hydrogen (secondary N) is 1. The Balaban J connectivity index is 1.55. The lowest BCUT2D eigenvalue weighted by Crippen LogP contribution is -2.53. The van der Waals surface area contributed by atoms with Crippen LogP contribution in [0.2, 0.25) is 5.02 Å². The number of hydrogen-bond donors (Lipinski definition) is 2. The lowest BCUT2D eigenvalue weighted by Gasteiger charge is -2.38. The molecule has 1 aromatic carbocycles. The zero-order valence-electron chi connectivity index (χ0n) is 16.3. The number of halogens is 1. The number of anilines is 1. The first-order valence-electron chi connectivity index (χ1n) is 9.19. The predicted molar refractivity (Wildman–Crippen MR) is 105 cm³/mol. The van der Waals surface area contributed by atoms with Gasteiger partial charge in [-0.05, 0) is 68.6 Å². The first-order valence-corrected chi connectivity index (χ1v) is 9.57. The first-order chi connectivity index (χ1) is 13.3. The average Bonchev–Trinajstić information content (AvgIpc) is 3.02. The average molecular weight is 409 g/mol. The summed E-state index contributed by atoms with van der Waals surface area (Å²) in [6.07, 6.45) is 1.39. The predicted octanol–water partition coefficient (Wildman–Crippen LogP) is 2.49. The van der Waals surface area contributed by atoms with Crippen LogP contribution in [0, 0.1) is 20.8 Å². The van der Waals surface area contributed by atoms with Gasteiger partial charge in [-0.2, -0.15) is 0 Å². The summed E-state index contributed by atoms with van der Waals surface area (Å²) < 4.78 is 10.4. The fraction of sp³-hybridized carbons (Fsp3) is 0.526. The van der Waals surface area contributed by atoms with Crippen molar-refractivity contribution in [3.8, 4) is 5.75 Å². The molecule has 8 nitrogen and oxygen atoms in total. The molecular formula is C19H25ClN4O4. The fourth-order valence-electron chi connectivity index (χ4n) is 3.39. The van der Waals surface area contributed by atoms with E-state index in [9.17, 15) is 9.90 Å². The van der Waals surface area contributed by atoms with E-state index in [1.165, 1.54) is 0 Å². The van der Waals surface area contributed by atoms with Crippen molar-refractivity contribution < 1.29 is 19.3 Å². The molecule has 1 unspecified atom stereocenters. The summed E-state index contributed by atoms with van der Waals surface area (Å²) in [6.45, 7) is 6.91. The van der Waals surface area contributed by atoms with Crippen LogP contribution in [0.5, 0.6) is 5.75 Å². The van der Waals surface area contributed by atoms with Crippen molar-refractivity contribution in [3.63, 3.8) is 0 Å². The number of ether oxygens (including phenoxy) is 1. The molecule has 9 heteroatoms. The maximum atomic E-state index is 12.2. The van der Waals surface area contributed by atoms with E-state index in [-0.39, 0.29) is 19.1 Å². The molecule has 2 aromatic rings. The van der Waals surface area contributed by atoms with Crippen molar-refractivity contribution in [2.45, 2.75) is 39.2 Å². The van der Waals surface area contributed by atoms with E-state index in [2.05, 4.69) is 20.3 Å². The van der Waals surface area contributed by atoms with E-state index in [0.29, 0.717) is 30.2 Å². The molecule has 0 saturated carbocycles. The number of aryl methyl sites for hydroxylation is 3. The smallest absolute Gasteiger partial charge is 0.239 e. The third kappa shape index (κ3) is 5.01. The first kappa shape index (κ1) is 20.6. The molecule has 1 aliphatic rings. The summed E-state index contributed by atoms with van der Waals surface area (Å²) >= 11 is 6.19. The second-order valence-electron chi connectivity index (χ2n) is 7.44. The highest BCUT2D eigenvalue weighted by molar-refractivity contribution is 6.32. The number of benzene rings is 1. The fourth-order valence-corrected chi connectivity index (χ4v) is 3.49. The Hall–Kier alpha value is -2.16. The van der Waals surface area contributed by atoms with Gasteiger partial charge in [-0.25, -0.2) is 4.63 Å². The number of likely N-dealkylation sites (tertiary alicyclic amines) is 1. The third-order valence-electron chi connectivity index (χ3n) is 4.83. The lowest BCUT2D eigenvalue weighted by atomic mass is 9.93. The number of rotatable bonds is 6. The van der Waals surface area contributed by atoms with Gasteiger partial charge in [0.15, 0.2) is 5.82 Å². The van der Waals surface area contributed by atoms with E-state index in [4.69, 9.17) is 16.3 Å². The van der Waals surface area contributed by atoms with Gasteiger partial charge < -0.3 is 15.2 Å². The van der Waals surface area contributed by atoms with Crippen LogP contribution >= 0.6 is 11.6 Å². The van der Waals surface area contributed by atoms with E-state index < -0.39 is 5.60 Å². The van der Waals surface area contributed by atoms with Gasteiger partial charge in [0, 0.05) is 11.6 Å². The topological polar surface area (TPSA) is 101 Å². The second kappa shape index (κ2) is 8.46. The molecule has 0 aliphatic carbocycles. The van der Waals surface area contributed by atoms with Crippen molar-refractivity contribution >= 4 is 23.3 Å². The minimum Gasteiger partial charge on any atom is -0.491 e. The number of carbonyl (C=O) groups is 1. The summed E-state index contributed by atoms with van der Waals surface area (Å²) in [5.41, 5.74) is 1.36. The molecule has 2 N–H and O–H groups in total. The highest BCUT2D eigenvalue weighted by Gasteiger charge is 2.35. The largest absolute Gasteiger partial charge is 0.491 e. The standard InChI is InChI=1S/C19H25ClN4O4/c1-12-7-15(8-13(2)17(12)20)27-11-19(26)5-4-6-24(10-19)9-16(25)21-18-14(3)22-28-23-18/h7-8,26H,4-6,9-11H2,1-3H3,(H,21,23,25). The molecule has 2 heterocycles. The minimum atomic E-state index is -1.02. The maximum absolute atomic E-state index is 12.2. The lowest BCUT2D eigenvalue weighted by molar-refractivity contribution is -0.120. The quantitative estimate of drug-likeness (QED) is 0.757. The summed E-state index contributed by atoms with van der Waals surface area (Å²) in [5.74, 6) is 0.763. The van der Waals surface area contributed by atoms with Crippen LogP contribution in [0.1, 0.15) is 29.7 Å². The summed E-state index contributed by atoms with van der Waals surface area (Å²) in [6, 6.07) is 3.72. The molecule has 1 aromatic heterocycles. The minimum absolute atomic E-state index is 0.147. The van der Waals surface area contributed by atoms with Gasteiger partial charge in [0.25, 0.3) is 0 Å². The molecule has 1 atom stereocenters. The Morgan fingerprint density at radius 3 is 2.71 bits per heavy atom. The normalized spacial score (nSPS) is 20.2. The maximum Gasteiger partial charge on any atom is 0.239 e. The van der Waals surface area contributed by atoms with Crippen molar-refractivity contribution in [3.05, 3.63) is 34.0 Å². The molecule has 0 spiro atoms. The number of β-amino-alcohol motifs (C(OH)–C–C–N with tert-alkyl or cyclic N) is 1. The monoisotopic (exact) mass is 408 g/mol. The number of hydrogen-bond acceptors (Lipinski definition) is 7.